The van der Waals surface area contributed by atoms with Gasteiger partial charge in [-0.15, -0.1) is 24.0 Å². The molecule has 1 aliphatic carbocycles. The third kappa shape index (κ3) is 5.57. The van der Waals surface area contributed by atoms with E-state index in [-0.39, 0.29) is 29.9 Å². The summed E-state index contributed by atoms with van der Waals surface area (Å²) in [5, 5.41) is 3.29. The first kappa shape index (κ1) is 21.0. The molecule has 144 valence electrons. The summed E-state index contributed by atoms with van der Waals surface area (Å²) in [6.07, 6.45) is 4.80. The standard InChI is InChI=1S/C19H29N5O.HI/c1-15(25)24-13-11-23(12-14-24)10-9-21-19(20)22-18-8-4-6-16-5-2-3-7-17(16)18;/h4,6,8H,2-3,5,7,9-14H2,1H3,(H3,20,21,22);1H. The first-order valence-electron chi connectivity index (χ1n) is 9.29. The minimum absolute atomic E-state index is 0. The molecule has 0 radical (unpaired) electrons. The molecule has 0 spiro atoms. The van der Waals surface area contributed by atoms with E-state index in [0.717, 1.165) is 51.3 Å². The molecule has 0 aromatic heterocycles. The number of carbonyl (C=O) groups is 1. The van der Waals surface area contributed by atoms with Crippen LogP contribution in [0.15, 0.2) is 23.2 Å². The molecule has 2 aliphatic rings. The number of benzene rings is 1. The van der Waals surface area contributed by atoms with Gasteiger partial charge in [0.2, 0.25) is 5.91 Å². The molecule has 0 bridgehead atoms. The molecule has 3 N–H and O–H groups in total. The lowest BCUT2D eigenvalue weighted by molar-refractivity contribution is -0.130. The molecular weight excluding hydrogens is 441 g/mol. The number of aryl methyl sites for hydroxylation is 1. The number of rotatable bonds is 4. The Morgan fingerprint density at radius 3 is 2.65 bits per heavy atom. The van der Waals surface area contributed by atoms with Crippen molar-refractivity contribution >= 4 is 41.5 Å². The van der Waals surface area contributed by atoms with Crippen LogP contribution in [0.2, 0.25) is 0 Å². The van der Waals surface area contributed by atoms with Crippen LogP contribution in [-0.2, 0) is 17.6 Å². The molecule has 1 saturated heterocycles. The molecule has 1 fully saturated rings. The van der Waals surface area contributed by atoms with Crippen LogP contribution in [0, 0.1) is 0 Å². The average molecular weight is 471 g/mol. The maximum absolute atomic E-state index is 11.3. The second-order valence-electron chi connectivity index (χ2n) is 6.89. The van der Waals surface area contributed by atoms with E-state index in [1.54, 1.807) is 6.92 Å². The number of anilines is 1. The fourth-order valence-corrected chi connectivity index (χ4v) is 3.67. The second kappa shape index (κ2) is 10.1. The van der Waals surface area contributed by atoms with Crippen LogP contribution in [0.25, 0.3) is 0 Å². The van der Waals surface area contributed by atoms with Crippen molar-refractivity contribution in [1.29, 1.82) is 0 Å². The summed E-state index contributed by atoms with van der Waals surface area (Å²) in [6.45, 7) is 6.62. The molecule has 0 atom stereocenters. The third-order valence-electron chi connectivity index (χ3n) is 5.17. The van der Waals surface area contributed by atoms with Crippen LogP contribution in [0.3, 0.4) is 0 Å². The number of aliphatic imine (C=N–C) groups is 1. The van der Waals surface area contributed by atoms with Crippen molar-refractivity contribution in [3.63, 3.8) is 0 Å². The van der Waals surface area contributed by atoms with Gasteiger partial charge in [0.05, 0.1) is 6.54 Å². The van der Waals surface area contributed by atoms with Gasteiger partial charge in [-0.2, -0.15) is 0 Å². The van der Waals surface area contributed by atoms with Gasteiger partial charge in [-0.25, -0.2) is 0 Å². The molecule has 1 aromatic carbocycles. The summed E-state index contributed by atoms with van der Waals surface area (Å²) < 4.78 is 0. The highest BCUT2D eigenvalue weighted by molar-refractivity contribution is 14.0. The van der Waals surface area contributed by atoms with Crippen LogP contribution in [0.4, 0.5) is 5.69 Å². The summed E-state index contributed by atoms with van der Waals surface area (Å²) in [4.78, 5) is 20.1. The summed E-state index contributed by atoms with van der Waals surface area (Å²) in [5.74, 6) is 0.652. The van der Waals surface area contributed by atoms with Gasteiger partial charge in [0.15, 0.2) is 5.96 Å². The van der Waals surface area contributed by atoms with E-state index in [4.69, 9.17) is 5.73 Å². The van der Waals surface area contributed by atoms with E-state index in [1.807, 2.05) is 4.90 Å². The number of halogens is 1. The first-order chi connectivity index (χ1) is 12.1. The van der Waals surface area contributed by atoms with E-state index < -0.39 is 0 Å². The van der Waals surface area contributed by atoms with Gasteiger partial charge in [-0.3, -0.25) is 14.7 Å². The SMILES string of the molecule is CC(=O)N1CCN(CCN=C(N)Nc2cccc3c2CCCC3)CC1.I. The van der Waals surface area contributed by atoms with Crippen molar-refractivity contribution in [3.05, 3.63) is 29.3 Å². The van der Waals surface area contributed by atoms with Gasteiger partial charge in [0, 0.05) is 45.3 Å². The summed E-state index contributed by atoms with van der Waals surface area (Å²) >= 11 is 0. The number of nitrogens with one attached hydrogen (secondary N) is 1. The topological polar surface area (TPSA) is 74.0 Å². The van der Waals surface area contributed by atoms with Crippen LogP contribution in [0.5, 0.6) is 0 Å². The Labute approximate surface area is 173 Å². The normalized spacial score (nSPS) is 18.0. The minimum Gasteiger partial charge on any atom is -0.370 e. The van der Waals surface area contributed by atoms with Gasteiger partial charge < -0.3 is 16.0 Å². The van der Waals surface area contributed by atoms with Crippen LogP contribution >= 0.6 is 24.0 Å². The number of guanidine groups is 1. The van der Waals surface area contributed by atoms with E-state index in [2.05, 4.69) is 33.4 Å². The van der Waals surface area contributed by atoms with Gasteiger partial charge >= 0.3 is 0 Å². The predicted molar refractivity (Wildman–Crippen MR) is 117 cm³/mol. The Bertz CT molecular complexity index is 641. The number of hydrogen-bond acceptors (Lipinski definition) is 3. The maximum Gasteiger partial charge on any atom is 0.219 e. The van der Waals surface area contributed by atoms with Crippen molar-refractivity contribution in [1.82, 2.24) is 9.80 Å². The lowest BCUT2D eigenvalue weighted by Crippen LogP contribution is -2.48. The van der Waals surface area contributed by atoms with Gasteiger partial charge in [0.25, 0.3) is 0 Å². The quantitative estimate of drug-likeness (QED) is 0.401. The molecule has 1 aliphatic heterocycles. The van der Waals surface area contributed by atoms with Crippen LogP contribution in [0.1, 0.15) is 30.9 Å². The van der Waals surface area contributed by atoms with Crippen molar-refractivity contribution in [2.45, 2.75) is 32.6 Å². The monoisotopic (exact) mass is 471 g/mol. The first-order valence-corrected chi connectivity index (χ1v) is 9.29. The Morgan fingerprint density at radius 1 is 1.19 bits per heavy atom. The molecule has 1 aromatic rings. The van der Waals surface area contributed by atoms with E-state index in [1.165, 1.54) is 24.0 Å². The van der Waals surface area contributed by atoms with Gasteiger partial charge in [0.1, 0.15) is 0 Å². The number of hydrogen-bond donors (Lipinski definition) is 2. The van der Waals surface area contributed by atoms with Gasteiger partial charge in [-0.1, -0.05) is 12.1 Å². The highest BCUT2D eigenvalue weighted by Crippen LogP contribution is 2.27. The number of nitrogens with two attached hydrogens (primary N) is 1. The number of fused-ring (bicyclic) bond motifs is 1. The zero-order valence-electron chi connectivity index (χ0n) is 15.5. The van der Waals surface area contributed by atoms with E-state index >= 15 is 0 Å². The number of carbonyl (C=O) groups excluding carboxylic acids is 1. The molecule has 1 amide bonds. The molecule has 6 nitrogen and oxygen atoms in total. The smallest absolute Gasteiger partial charge is 0.219 e. The maximum atomic E-state index is 11.3. The molecule has 1 heterocycles. The fourth-order valence-electron chi connectivity index (χ4n) is 3.67. The summed E-state index contributed by atoms with van der Waals surface area (Å²) in [6, 6.07) is 6.40. The molecule has 0 unspecified atom stereocenters. The Morgan fingerprint density at radius 2 is 1.92 bits per heavy atom. The number of amides is 1. The van der Waals surface area contributed by atoms with E-state index in [0.29, 0.717) is 12.5 Å². The highest BCUT2D eigenvalue weighted by atomic mass is 127. The van der Waals surface area contributed by atoms with Crippen molar-refractivity contribution in [2.75, 3.05) is 44.6 Å². The lowest BCUT2D eigenvalue weighted by Gasteiger charge is -2.33. The highest BCUT2D eigenvalue weighted by Gasteiger charge is 2.18. The Hall–Kier alpha value is -1.35. The Balaban J connectivity index is 0.00000243. The minimum atomic E-state index is 0. The zero-order chi connectivity index (χ0) is 17.6. The van der Waals surface area contributed by atoms with Gasteiger partial charge in [-0.05, 0) is 42.9 Å². The fraction of sp³-hybridized carbons (Fsp3) is 0.579. The Kier molecular flexibility index (Phi) is 8.15. The lowest BCUT2D eigenvalue weighted by atomic mass is 9.90. The summed E-state index contributed by atoms with van der Waals surface area (Å²) in [7, 11) is 0. The summed E-state index contributed by atoms with van der Waals surface area (Å²) in [5.41, 5.74) is 10.0. The molecular formula is C19H30IN5O. The predicted octanol–water partition coefficient (Wildman–Crippen LogP) is 2.07. The van der Waals surface area contributed by atoms with E-state index in [9.17, 15) is 4.79 Å². The van der Waals surface area contributed by atoms with Crippen molar-refractivity contribution in [2.24, 2.45) is 10.7 Å². The van der Waals surface area contributed by atoms with Crippen LogP contribution < -0.4 is 11.1 Å². The molecule has 7 heteroatoms. The van der Waals surface area contributed by atoms with Crippen LogP contribution in [-0.4, -0.2) is 60.9 Å². The largest absolute Gasteiger partial charge is 0.370 e. The molecule has 0 saturated carbocycles. The average Bonchev–Trinajstić information content (AvgIpc) is 2.62. The second-order valence-corrected chi connectivity index (χ2v) is 6.89. The third-order valence-corrected chi connectivity index (χ3v) is 5.17. The molecule has 26 heavy (non-hydrogen) atoms. The molecule has 3 rings (SSSR count). The van der Waals surface area contributed by atoms with Crippen molar-refractivity contribution in [3.8, 4) is 0 Å². The van der Waals surface area contributed by atoms with Crippen molar-refractivity contribution < 1.29 is 4.79 Å². The zero-order valence-corrected chi connectivity index (χ0v) is 17.9. The number of piperazine rings is 1. The number of nitrogens with zero attached hydrogens (tertiary/aromatic N) is 3.